The lowest BCUT2D eigenvalue weighted by atomic mass is 9.82. The van der Waals surface area contributed by atoms with Crippen LogP contribution in [-0.4, -0.2) is 58.3 Å². The van der Waals surface area contributed by atoms with Crippen molar-refractivity contribution >= 4 is 97.2 Å². The summed E-state index contributed by atoms with van der Waals surface area (Å²) in [7, 11) is 0. The second-order valence-electron chi connectivity index (χ2n) is 7.55. The minimum absolute atomic E-state index is 0.0897. The number of ketones is 2. The fraction of sp³-hybridized carbons (Fsp3) is 0.409. The van der Waals surface area contributed by atoms with Crippen molar-refractivity contribution in [3.63, 3.8) is 0 Å². The highest BCUT2D eigenvalue weighted by Crippen LogP contribution is 2.46. The largest absolute Gasteiger partial charge is 0.460 e. The fourth-order valence-electron chi connectivity index (χ4n) is 2.67. The number of allylic oxidation sites excluding steroid dienone is 2. The number of nitrogens with two attached hydrogens (primary N) is 1. The standard InChI is InChI=1S/C22H24I3NO8/c1-9(2)19(29)32-7-13(34-20(30)10(3)4)8-33-21(31)22(26)17(24)14(11(5)27)16(23)15(12(6)28)18(22)25/h13,17H,1,3,7-8,26H2,2,4-6H3. The maximum atomic E-state index is 13.2. The Labute approximate surface area is 238 Å². The highest BCUT2D eigenvalue weighted by molar-refractivity contribution is 14.1. The van der Waals surface area contributed by atoms with E-state index in [9.17, 15) is 24.0 Å². The molecule has 0 spiro atoms. The Hall–Kier alpha value is -1.14. The summed E-state index contributed by atoms with van der Waals surface area (Å²) >= 11 is 5.58. The Bertz CT molecular complexity index is 1030. The SMILES string of the molecule is C=C(C)C(=O)OCC(COC(=O)C1(N)C(I)=C(C(C)=O)C(I)=C(C(C)=O)C1I)OC(=O)C(=C)C. The summed E-state index contributed by atoms with van der Waals surface area (Å²) in [5.74, 6) is -3.14. The average molecular weight is 811 g/mol. The zero-order valence-corrected chi connectivity index (χ0v) is 25.4. The number of Topliss-reactive ketones (excluding diaryl/α,β-unsaturated/α-hetero) is 2. The first-order valence-corrected chi connectivity index (χ1v) is 13.1. The number of ether oxygens (including phenoxy) is 3. The molecule has 0 aromatic heterocycles. The van der Waals surface area contributed by atoms with E-state index in [1.807, 2.05) is 67.8 Å². The van der Waals surface area contributed by atoms with Crippen molar-refractivity contribution in [1.82, 2.24) is 0 Å². The van der Waals surface area contributed by atoms with Crippen LogP contribution in [-0.2, 0) is 38.2 Å². The quantitative estimate of drug-likeness (QED) is 0.116. The number of alkyl halides is 1. The predicted octanol–water partition coefficient (Wildman–Crippen LogP) is 3.21. The molecule has 1 aliphatic carbocycles. The molecule has 0 aliphatic heterocycles. The van der Waals surface area contributed by atoms with E-state index in [4.69, 9.17) is 19.9 Å². The molecule has 0 fully saturated rings. The number of esters is 3. The van der Waals surface area contributed by atoms with Gasteiger partial charge in [0.1, 0.15) is 13.2 Å². The van der Waals surface area contributed by atoms with Crippen LogP contribution < -0.4 is 5.73 Å². The van der Waals surface area contributed by atoms with Crippen LogP contribution in [0.25, 0.3) is 0 Å². The van der Waals surface area contributed by atoms with Gasteiger partial charge in [-0.1, -0.05) is 35.7 Å². The van der Waals surface area contributed by atoms with Crippen LogP contribution in [0, 0.1) is 0 Å². The van der Waals surface area contributed by atoms with E-state index in [1.165, 1.54) is 27.7 Å². The van der Waals surface area contributed by atoms with Crippen molar-refractivity contribution in [3.05, 3.63) is 42.6 Å². The number of carbonyl (C=O) groups excluding carboxylic acids is 5. The van der Waals surface area contributed by atoms with Gasteiger partial charge in [-0.25, -0.2) is 14.4 Å². The molecule has 186 valence electrons. The summed E-state index contributed by atoms with van der Waals surface area (Å²) in [5, 5.41) is 0. The molecule has 0 amide bonds. The molecule has 3 atom stereocenters. The first-order chi connectivity index (χ1) is 15.6. The summed E-state index contributed by atoms with van der Waals surface area (Å²) in [6, 6.07) is 0. The van der Waals surface area contributed by atoms with Gasteiger partial charge in [0.15, 0.2) is 23.2 Å². The van der Waals surface area contributed by atoms with Gasteiger partial charge in [-0.15, -0.1) is 0 Å². The molecule has 34 heavy (non-hydrogen) atoms. The van der Waals surface area contributed by atoms with Crippen molar-refractivity contribution in [2.75, 3.05) is 13.2 Å². The van der Waals surface area contributed by atoms with Gasteiger partial charge >= 0.3 is 17.9 Å². The van der Waals surface area contributed by atoms with Crippen molar-refractivity contribution in [1.29, 1.82) is 0 Å². The Morgan fingerprint density at radius 2 is 1.44 bits per heavy atom. The van der Waals surface area contributed by atoms with Crippen molar-refractivity contribution in [3.8, 4) is 0 Å². The molecule has 0 aromatic rings. The monoisotopic (exact) mass is 811 g/mol. The van der Waals surface area contributed by atoms with E-state index in [0.29, 0.717) is 3.58 Å². The van der Waals surface area contributed by atoms with Gasteiger partial charge in [-0.3, -0.25) is 9.59 Å². The van der Waals surface area contributed by atoms with Crippen molar-refractivity contribution in [2.24, 2.45) is 5.73 Å². The number of carbonyl (C=O) groups is 5. The van der Waals surface area contributed by atoms with Gasteiger partial charge in [-0.2, -0.15) is 0 Å². The molecule has 0 saturated carbocycles. The van der Waals surface area contributed by atoms with Crippen LogP contribution in [0.3, 0.4) is 0 Å². The lowest BCUT2D eigenvalue weighted by Gasteiger charge is -2.38. The second kappa shape index (κ2) is 12.7. The zero-order chi connectivity index (χ0) is 26.5. The third kappa shape index (κ3) is 6.96. The molecule has 1 rings (SSSR count). The first-order valence-electron chi connectivity index (χ1n) is 9.68. The van der Waals surface area contributed by atoms with Crippen LogP contribution in [0.4, 0.5) is 0 Å². The average Bonchev–Trinajstić information content (AvgIpc) is 2.72. The summed E-state index contributed by atoms with van der Waals surface area (Å²) in [6.07, 6.45) is -1.16. The number of hydrogen-bond acceptors (Lipinski definition) is 9. The molecule has 0 saturated heterocycles. The van der Waals surface area contributed by atoms with Crippen molar-refractivity contribution in [2.45, 2.75) is 43.3 Å². The van der Waals surface area contributed by atoms with Gasteiger partial charge in [-0.05, 0) is 72.9 Å². The Balaban J connectivity index is 3.26. The maximum absolute atomic E-state index is 13.2. The summed E-state index contributed by atoms with van der Waals surface area (Å²) in [4.78, 5) is 61.6. The summed E-state index contributed by atoms with van der Waals surface area (Å²) < 4.78 is 15.4. The number of halogens is 3. The topological polar surface area (TPSA) is 139 Å². The molecule has 12 heteroatoms. The maximum Gasteiger partial charge on any atom is 0.333 e. The third-order valence-electron chi connectivity index (χ3n) is 4.53. The van der Waals surface area contributed by atoms with E-state index < -0.39 is 46.7 Å². The van der Waals surface area contributed by atoms with E-state index in [2.05, 4.69) is 13.2 Å². The summed E-state index contributed by atoms with van der Waals surface area (Å²) in [5.41, 5.74) is 5.26. The molecule has 1 aliphatic rings. The van der Waals surface area contributed by atoms with E-state index in [1.54, 1.807) is 0 Å². The van der Waals surface area contributed by atoms with Gasteiger partial charge in [0.25, 0.3) is 0 Å². The smallest absolute Gasteiger partial charge is 0.333 e. The number of hydrogen-bond donors (Lipinski definition) is 1. The molecule has 0 heterocycles. The van der Waals surface area contributed by atoms with E-state index in [-0.39, 0.29) is 37.4 Å². The molecular formula is C22H24I3NO8. The molecule has 0 aromatic carbocycles. The van der Waals surface area contributed by atoms with Crippen LogP contribution in [0.5, 0.6) is 0 Å². The zero-order valence-electron chi connectivity index (χ0n) is 19.0. The van der Waals surface area contributed by atoms with E-state index >= 15 is 0 Å². The Kier molecular flexibility index (Phi) is 11.5. The van der Waals surface area contributed by atoms with Gasteiger partial charge in [0, 0.05) is 29.5 Å². The van der Waals surface area contributed by atoms with Crippen LogP contribution in [0.1, 0.15) is 27.7 Å². The van der Waals surface area contributed by atoms with Gasteiger partial charge in [0.05, 0.1) is 3.92 Å². The number of rotatable bonds is 10. The fourth-order valence-corrected chi connectivity index (χ4v) is 8.22. The predicted molar refractivity (Wildman–Crippen MR) is 150 cm³/mol. The normalized spacial score (nSPS) is 20.9. The molecular weight excluding hydrogens is 787 g/mol. The van der Waals surface area contributed by atoms with Crippen LogP contribution in [0.2, 0.25) is 0 Å². The lowest BCUT2D eigenvalue weighted by Crippen LogP contribution is -2.59. The minimum atomic E-state index is -1.85. The highest BCUT2D eigenvalue weighted by atomic mass is 127. The molecule has 0 radical (unpaired) electrons. The van der Waals surface area contributed by atoms with Crippen LogP contribution in [0.15, 0.2) is 42.6 Å². The highest BCUT2D eigenvalue weighted by Gasteiger charge is 2.53. The molecule has 3 unspecified atom stereocenters. The van der Waals surface area contributed by atoms with E-state index in [0.717, 1.165) is 0 Å². The second-order valence-corrected chi connectivity index (χ2v) is 10.9. The molecule has 0 bridgehead atoms. The Morgan fingerprint density at radius 1 is 0.941 bits per heavy atom. The van der Waals surface area contributed by atoms with Gasteiger partial charge < -0.3 is 19.9 Å². The Morgan fingerprint density at radius 3 is 1.88 bits per heavy atom. The lowest BCUT2D eigenvalue weighted by molar-refractivity contribution is -0.164. The van der Waals surface area contributed by atoms with Crippen LogP contribution >= 0.6 is 67.8 Å². The summed E-state index contributed by atoms with van der Waals surface area (Å²) in [6.45, 7) is 11.5. The van der Waals surface area contributed by atoms with Gasteiger partial charge in [0.2, 0.25) is 0 Å². The molecule has 9 nitrogen and oxygen atoms in total. The molecule has 2 N–H and O–H groups in total. The van der Waals surface area contributed by atoms with Crippen molar-refractivity contribution < 1.29 is 38.2 Å². The minimum Gasteiger partial charge on any atom is -0.460 e. The third-order valence-corrected chi connectivity index (χ3v) is 8.69. The first kappa shape index (κ1) is 30.9.